The summed E-state index contributed by atoms with van der Waals surface area (Å²) in [4.78, 5) is 2.44. The molecule has 1 aliphatic rings. The quantitative estimate of drug-likeness (QED) is 0.209. The minimum Gasteiger partial charge on any atom is -0.309 e. The summed E-state index contributed by atoms with van der Waals surface area (Å²) in [6.45, 7) is 0. The first-order valence-corrected chi connectivity index (χ1v) is 15.1. The van der Waals surface area contributed by atoms with E-state index in [-0.39, 0.29) is 0 Å². The fourth-order valence-electron chi connectivity index (χ4n) is 6.97. The van der Waals surface area contributed by atoms with Crippen LogP contribution < -0.4 is 4.90 Å². The standard InChI is InChI=1S/C42H28N2/c1-3-14-29(15-4-1)30-16-13-19-32(26-30)44-40-25-12-10-23-36(40)38-27-37-34-21-8-7-20-33(34)35-22-9-11-24-39(35)43(41(37)28-42(38)44)31-17-5-2-6-18-31/h1-28H. The van der Waals surface area contributed by atoms with Crippen LogP contribution in [0.25, 0.3) is 60.9 Å². The van der Waals surface area contributed by atoms with E-state index in [1.165, 1.54) is 66.6 Å². The van der Waals surface area contributed by atoms with Crippen LogP contribution in [0, 0.1) is 0 Å². The van der Waals surface area contributed by atoms with Gasteiger partial charge in [-0.05, 0) is 70.8 Å². The average molecular weight is 561 g/mol. The molecule has 0 spiro atoms. The van der Waals surface area contributed by atoms with Crippen molar-refractivity contribution in [3.05, 3.63) is 170 Å². The van der Waals surface area contributed by atoms with Crippen LogP contribution in [0.15, 0.2) is 170 Å². The zero-order valence-corrected chi connectivity index (χ0v) is 24.1. The first-order valence-electron chi connectivity index (χ1n) is 15.1. The number of benzene rings is 7. The highest BCUT2D eigenvalue weighted by Crippen LogP contribution is 2.52. The number of nitrogens with zero attached hydrogens (tertiary/aromatic N) is 2. The number of fused-ring (bicyclic) bond motifs is 8. The number of rotatable bonds is 3. The molecule has 0 amide bonds. The number of aromatic nitrogens is 1. The molecule has 9 rings (SSSR count). The third kappa shape index (κ3) is 3.75. The van der Waals surface area contributed by atoms with E-state index >= 15 is 0 Å². The summed E-state index contributed by atoms with van der Waals surface area (Å²) in [6, 6.07) is 61.5. The maximum absolute atomic E-state index is 2.44. The van der Waals surface area contributed by atoms with Gasteiger partial charge in [0.15, 0.2) is 0 Å². The molecule has 1 aliphatic heterocycles. The molecule has 0 bridgehead atoms. The Labute approximate surface area is 256 Å². The highest BCUT2D eigenvalue weighted by atomic mass is 15.2. The molecule has 0 unspecified atom stereocenters. The van der Waals surface area contributed by atoms with Crippen LogP contribution in [-0.4, -0.2) is 4.57 Å². The Balaban J connectivity index is 1.40. The lowest BCUT2D eigenvalue weighted by Gasteiger charge is -2.27. The summed E-state index contributed by atoms with van der Waals surface area (Å²) in [5, 5.41) is 2.50. The van der Waals surface area contributed by atoms with Gasteiger partial charge in [-0.3, -0.25) is 0 Å². The Morgan fingerprint density at radius 3 is 1.75 bits per heavy atom. The molecule has 0 fully saturated rings. The number of hydrogen-bond acceptors (Lipinski definition) is 1. The maximum atomic E-state index is 2.44. The van der Waals surface area contributed by atoms with E-state index < -0.39 is 0 Å². The Morgan fingerprint density at radius 2 is 0.932 bits per heavy atom. The van der Waals surface area contributed by atoms with E-state index in [2.05, 4.69) is 179 Å². The van der Waals surface area contributed by atoms with Crippen molar-refractivity contribution in [2.75, 3.05) is 4.90 Å². The molecule has 1 aromatic heterocycles. The van der Waals surface area contributed by atoms with Gasteiger partial charge >= 0.3 is 0 Å². The summed E-state index contributed by atoms with van der Waals surface area (Å²) < 4.78 is 2.43. The van der Waals surface area contributed by atoms with E-state index in [1.807, 2.05) is 0 Å². The Hall–Kier alpha value is -5.86. The van der Waals surface area contributed by atoms with Gasteiger partial charge in [0.25, 0.3) is 0 Å². The molecule has 2 nitrogen and oxygen atoms in total. The zero-order valence-electron chi connectivity index (χ0n) is 24.1. The highest BCUT2D eigenvalue weighted by molar-refractivity contribution is 6.14. The lowest BCUT2D eigenvalue weighted by Crippen LogP contribution is -2.11. The fourth-order valence-corrected chi connectivity index (χ4v) is 6.97. The van der Waals surface area contributed by atoms with Crippen LogP contribution in [0.1, 0.15) is 0 Å². The summed E-state index contributed by atoms with van der Waals surface area (Å²) in [6.07, 6.45) is 0. The Morgan fingerprint density at radius 1 is 0.318 bits per heavy atom. The van der Waals surface area contributed by atoms with Gasteiger partial charge in [0.05, 0.1) is 22.4 Å². The zero-order chi connectivity index (χ0) is 29.0. The summed E-state index contributed by atoms with van der Waals surface area (Å²) in [5.74, 6) is 0. The first kappa shape index (κ1) is 24.7. The largest absolute Gasteiger partial charge is 0.309 e. The molecule has 206 valence electrons. The summed E-state index contributed by atoms with van der Waals surface area (Å²) >= 11 is 0. The van der Waals surface area contributed by atoms with Crippen molar-refractivity contribution >= 4 is 38.9 Å². The number of hydrogen-bond donors (Lipinski definition) is 0. The van der Waals surface area contributed by atoms with Crippen molar-refractivity contribution < 1.29 is 0 Å². The molecule has 8 aromatic rings. The predicted octanol–water partition coefficient (Wildman–Crippen LogP) is 11.6. The van der Waals surface area contributed by atoms with Crippen LogP contribution in [-0.2, 0) is 0 Å². The molecule has 2 heteroatoms. The predicted molar refractivity (Wildman–Crippen MR) is 185 cm³/mol. The molecule has 0 N–H and O–H groups in total. The fraction of sp³-hybridized carbons (Fsp3) is 0. The van der Waals surface area contributed by atoms with Gasteiger partial charge in [-0.1, -0.05) is 121 Å². The van der Waals surface area contributed by atoms with Crippen molar-refractivity contribution in [1.82, 2.24) is 4.57 Å². The smallest absolute Gasteiger partial charge is 0.0562 e. The summed E-state index contributed by atoms with van der Waals surface area (Å²) in [5.41, 5.74) is 14.4. The van der Waals surface area contributed by atoms with Crippen LogP contribution in [0.5, 0.6) is 0 Å². The highest BCUT2D eigenvalue weighted by Gasteiger charge is 2.27. The van der Waals surface area contributed by atoms with E-state index in [0.717, 1.165) is 11.4 Å². The normalized spacial score (nSPS) is 12.0. The minimum atomic E-state index is 1.14. The number of anilines is 3. The van der Waals surface area contributed by atoms with Crippen LogP contribution in [0.3, 0.4) is 0 Å². The Kier molecular flexibility index (Phi) is 5.54. The van der Waals surface area contributed by atoms with E-state index in [9.17, 15) is 0 Å². The second-order valence-corrected chi connectivity index (χ2v) is 11.4. The average Bonchev–Trinajstić information content (AvgIpc) is 3.36. The van der Waals surface area contributed by atoms with Gasteiger partial charge in [-0.2, -0.15) is 0 Å². The van der Waals surface area contributed by atoms with Gasteiger partial charge in [0.2, 0.25) is 0 Å². The molecular formula is C42H28N2. The van der Waals surface area contributed by atoms with Gasteiger partial charge in [0.1, 0.15) is 0 Å². The van der Waals surface area contributed by atoms with Gasteiger partial charge < -0.3 is 9.47 Å². The van der Waals surface area contributed by atoms with Crippen molar-refractivity contribution in [3.63, 3.8) is 0 Å². The van der Waals surface area contributed by atoms with Gasteiger partial charge in [-0.15, -0.1) is 0 Å². The van der Waals surface area contributed by atoms with Crippen molar-refractivity contribution in [2.24, 2.45) is 0 Å². The molecule has 0 radical (unpaired) electrons. The SMILES string of the molecule is c1ccc(-c2cccc(-n3c4ccccc4c4cc5c(cc43)N(c3ccccc3)c3ccccc3-c3ccccc3-5)c2)cc1. The molecule has 0 atom stereocenters. The molecule has 44 heavy (non-hydrogen) atoms. The van der Waals surface area contributed by atoms with Crippen molar-refractivity contribution in [1.29, 1.82) is 0 Å². The lowest BCUT2D eigenvalue weighted by molar-refractivity contribution is 1.18. The van der Waals surface area contributed by atoms with Crippen LogP contribution in [0.2, 0.25) is 0 Å². The van der Waals surface area contributed by atoms with Crippen LogP contribution >= 0.6 is 0 Å². The van der Waals surface area contributed by atoms with Crippen molar-refractivity contribution in [2.45, 2.75) is 0 Å². The first-order chi connectivity index (χ1) is 21.8. The van der Waals surface area contributed by atoms with E-state index in [0.29, 0.717) is 0 Å². The van der Waals surface area contributed by atoms with Crippen molar-refractivity contribution in [3.8, 4) is 39.1 Å². The van der Waals surface area contributed by atoms with Gasteiger partial charge in [0, 0.05) is 33.3 Å². The third-order valence-electron chi connectivity index (χ3n) is 8.91. The molecule has 0 saturated heterocycles. The lowest BCUT2D eigenvalue weighted by atomic mass is 9.94. The molecule has 0 saturated carbocycles. The topological polar surface area (TPSA) is 8.17 Å². The third-order valence-corrected chi connectivity index (χ3v) is 8.91. The maximum Gasteiger partial charge on any atom is 0.0562 e. The number of para-hydroxylation sites is 3. The molecule has 2 heterocycles. The monoisotopic (exact) mass is 560 g/mol. The molecule has 7 aromatic carbocycles. The van der Waals surface area contributed by atoms with Crippen LogP contribution in [0.4, 0.5) is 17.1 Å². The second-order valence-electron chi connectivity index (χ2n) is 11.4. The van der Waals surface area contributed by atoms with E-state index in [1.54, 1.807) is 0 Å². The minimum absolute atomic E-state index is 1.14. The van der Waals surface area contributed by atoms with Gasteiger partial charge in [-0.25, -0.2) is 0 Å². The Bertz CT molecular complexity index is 2330. The summed E-state index contributed by atoms with van der Waals surface area (Å²) in [7, 11) is 0. The second kappa shape index (κ2) is 9.86. The molecular weight excluding hydrogens is 532 g/mol. The molecule has 0 aliphatic carbocycles. The van der Waals surface area contributed by atoms with E-state index in [4.69, 9.17) is 0 Å².